The molecule has 1 amide bonds. The fraction of sp³-hybridized carbons (Fsp3) is 0.158. The van der Waals surface area contributed by atoms with Crippen LogP contribution in [0.2, 0.25) is 0 Å². The minimum Gasteiger partial charge on any atom is -0.497 e. The number of hydrogen-bond acceptors (Lipinski definition) is 4. The molecule has 2 aromatic carbocycles. The Morgan fingerprint density at radius 1 is 1.08 bits per heavy atom. The Morgan fingerprint density at radius 2 is 1.88 bits per heavy atom. The summed E-state index contributed by atoms with van der Waals surface area (Å²) in [5.41, 5.74) is 6.46. The van der Waals surface area contributed by atoms with Crippen molar-refractivity contribution in [1.82, 2.24) is 10.4 Å². The average Bonchev–Trinajstić information content (AvgIpc) is 2.65. The molecule has 2 N–H and O–H groups in total. The van der Waals surface area contributed by atoms with Gasteiger partial charge in [-0.2, -0.15) is 0 Å². The van der Waals surface area contributed by atoms with Crippen LogP contribution in [0.25, 0.3) is 10.8 Å². The van der Waals surface area contributed by atoms with Gasteiger partial charge in [-0.25, -0.2) is 4.98 Å². The number of nitrogens with zero attached hydrogens (tertiary/aromatic N) is 1. The summed E-state index contributed by atoms with van der Waals surface area (Å²) in [5, 5.41) is 2.16. The van der Waals surface area contributed by atoms with Gasteiger partial charge in [0.05, 0.1) is 13.0 Å². The summed E-state index contributed by atoms with van der Waals surface area (Å²) in [5.74, 6) is 1.02. The number of hydrazine groups is 1. The Kier molecular flexibility index (Phi) is 4.61. The number of carbonyl (C=O) groups is 1. The van der Waals surface area contributed by atoms with Crippen LogP contribution in [0.15, 0.2) is 60.8 Å². The molecular formula is C19H19N3O2. The number of nitrogens with one attached hydrogen (secondary N) is 2. The lowest BCUT2D eigenvalue weighted by atomic mass is 9.97. The molecule has 122 valence electrons. The van der Waals surface area contributed by atoms with Gasteiger partial charge in [0, 0.05) is 6.20 Å². The number of hydrogen-bond donors (Lipinski definition) is 2. The van der Waals surface area contributed by atoms with Crippen molar-refractivity contribution in [3.05, 3.63) is 66.4 Å². The van der Waals surface area contributed by atoms with Gasteiger partial charge >= 0.3 is 0 Å². The second-order valence-corrected chi connectivity index (χ2v) is 5.52. The molecule has 0 bridgehead atoms. The lowest BCUT2D eigenvalue weighted by Gasteiger charge is -2.14. The zero-order chi connectivity index (χ0) is 16.9. The molecule has 5 nitrogen and oxygen atoms in total. The molecule has 0 aliphatic carbocycles. The minimum atomic E-state index is -0.285. The summed E-state index contributed by atoms with van der Waals surface area (Å²) in [4.78, 5) is 16.4. The maximum atomic E-state index is 12.3. The van der Waals surface area contributed by atoms with Gasteiger partial charge < -0.3 is 4.74 Å². The Labute approximate surface area is 140 Å². The second kappa shape index (κ2) is 7.00. The van der Waals surface area contributed by atoms with E-state index in [0.717, 1.165) is 22.1 Å². The molecule has 0 spiro atoms. The molecule has 1 unspecified atom stereocenters. The largest absolute Gasteiger partial charge is 0.497 e. The number of rotatable bonds is 5. The third kappa shape index (κ3) is 3.46. The van der Waals surface area contributed by atoms with Crippen LogP contribution in [0.4, 0.5) is 5.82 Å². The fourth-order valence-electron chi connectivity index (χ4n) is 2.46. The molecule has 3 aromatic rings. The van der Waals surface area contributed by atoms with E-state index in [9.17, 15) is 4.79 Å². The molecular weight excluding hydrogens is 302 g/mol. The summed E-state index contributed by atoms with van der Waals surface area (Å²) < 4.78 is 5.23. The van der Waals surface area contributed by atoms with E-state index in [2.05, 4.69) is 15.8 Å². The van der Waals surface area contributed by atoms with Crippen molar-refractivity contribution in [3.8, 4) is 5.75 Å². The number of aromatic nitrogens is 1. The molecule has 1 aromatic heterocycles. The average molecular weight is 321 g/mol. The predicted octanol–water partition coefficient (Wildman–Crippen LogP) is 3.49. The molecule has 0 saturated carbocycles. The van der Waals surface area contributed by atoms with E-state index < -0.39 is 0 Å². The van der Waals surface area contributed by atoms with Crippen LogP contribution >= 0.6 is 0 Å². The number of carbonyl (C=O) groups excluding carboxylic acids is 1. The Hall–Kier alpha value is -3.08. The van der Waals surface area contributed by atoms with Gasteiger partial charge in [0.25, 0.3) is 0 Å². The molecule has 24 heavy (non-hydrogen) atoms. The lowest BCUT2D eigenvalue weighted by molar-refractivity contribution is -0.121. The molecule has 0 saturated heterocycles. The van der Waals surface area contributed by atoms with Crippen molar-refractivity contribution >= 4 is 22.5 Å². The third-order valence-corrected chi connectivity index (χ3v) is 3.94. The van der Waals surface area contributed by atoms with Gasteiger partial charge in [-0.1, -0.05) is 30.3 Å². The summed E-state index contributed by atoms with van der Waals surface area (Å²) in [6.45, 7) is 1.88. The predicted molar refractivity (Wildman–Crippen MR) is 94.9 cm³/mol. The monoisotopic (exact) mass is 321 g/mol. The molecule has 0 radical (unpaired) electrons. The van der Waals surface area contributed by atoms with E-state index in [1.165, 1.54) is 0 Å². The zero-order valence-corrected chi connectivity index (χ0v) is 13.6. The van der Waals surface area contributed by atoms with Crippen molar-refractivity contribution in [2.45, 2.75) is 12.8 Å². The van der Waals surface area contributed by atoms with Crippen LogP contribution in [-0.4, -0.2) is 18.0 Å². The van der Waals surface area contributed by atoms with Gasteiger partial charge in [0.2, 0.25) is 5.91 Å². The highest BCUT2D eigenvalue weighted by Gasteiger charge is 2.15. The maximum Gasteiger partial charge on any atom is 0.245 e. The highest BCUT2D eigenvalue weighted by molar-refractivity contribution is 5.88. The number of benzene rings is 2. The van der Waals surface area contributed by atoms with E-state index in [4.69, 9.17) is 4.74 Å². The number of fused-ring (bicyclic) bond motifs is 1. The summed E-state index contributed by atoms with van der Waals surface area (Å²) in [6, 6.07) is 17.3. The Bertz CT molecular complexity index is 850. The van der Waals surface area contributed by atoms with Crippen molar-refractivity contribution in [2.24, 2.45) is 0 Å². The highest BCUT2D eigenvalue weighted by atomic mass is 16.5. The molecule has 0 aliphatic rings. The molecule has 1 heterocycles. The molecule has 0 aliphatic heterocycles. The van der Waals surface area contributed by atoms with Gasteiger partial charge in [-0.05, 0) is 47.5 Å². The molecule has 0 fully saturated rings. The first-order valence-electron chi connectivity index (χ1n) is 7.72. The number of ether oxygens (including phenoxy) is 1. The Morgan fingerprint density at radius 3 is 2.62 bits per heavy atom. The van der Waals surface area contributed by atoms with Gasteiger partial charge in [0.15, 0.2) is 0 Å². The van der Waals surface area contributed by atoms with Crippen LogP contribution in [0.1, 0.15) is 18.4 Å². The topological polar surface area (TPSA) is 63.2 Å². The zero-order valence-electron chi connectivity index (χ0n) is 13.6. The molecule has 3 rings (SSSR count). The van der Waals surface area contributed by atoms with Gasteiger partial charge in [0.1, 0.15) is 11.6 Å². The SMILES string of the molecule is COc1ccc2cc(C(C)C(=O)NNc3ccccn3)ccc2c1. The first kappa shape index (κ1) is 15.8. The fourth-order valence-corrected chi connectivity index (χ4v) is 2.46. The summed E-state index contributed by atoms with van der Waals surface area (Å²) in [7, 11) is 1.65. The number of methoxy groups -OCH3 is 1. The van der Waals surface area contributed by atoms with Crippen LogP contribution in [-0.2, 0) is 4.79 Å². The highest BCUT2D eigenvalue weighted by Crippen LogP contribution is 2.25. The van der Waals surface area contributed by atoms with Crippen LogP contribution in [0.5, 0.6) is 5.75 Å². The van der Waals surface area contributed by atoms with Crippen molar-refractivity contribution in [1.29, 1.82) is 0 Å². The molecule has 5 heteroatoms. The smallest absolute Gasteiger partial charge is 0.245 e. The van der Waals surface area contributed by atoms with E-state index in [0.29, 0.717) is 5.82 Å². The minimum absolute atomic E-state index is 0.117. The first-order valence-corrected chi connectivity index (χ1v) is 7.72. The maximum absolute atomic E-state index is 12.3. The Balaban J connectivity index is 1.72. The quantitative estimate of drug-likeness (QED) is 0.706. The van der Waals surface area contributed by atoms with Gasteiger partial charge in [-0.15, -0.1) is 0 Å². The normalized spacial score (nSPS) is 11.8. The molecule has 1 atom stereocenters. The van der Waals surface area contributed by atoms with E-state index >= 15 is 0 Å². The van der Waals surface area contributed by atoms with Crippen LogP contribution < -0.4 is 15.6 Å². The van der Waals surface area contributed by atoms with E-state index in [1.807, 2.05) is 55.5 Å². The first-order chi connectivity index (χ1) is 11.7. The van der Waals surface area contributed by atoms with Crippen molar-refractivity contribution < 1.29 is 9.53 Å². The number of anilines is 1. The second-order valence-electron chi connectivity index (χ2n) is 5.52. The third-order valence-electron chi connectivity index (χ3n) is 3.94. The van der Waals surface area contributed by atoms with Crippen molar-refractivity contribution in [3.63, 3.8) is 0 Å². The standard InChI is InChI=1S/C19H19N3O2/c1-13(19(23)22-21-18-5-3-4-10-20-18)14-6-7-16-12-17(24-2)9-8-15(16)11-14/h3-13H,1-2H3,(H,20,21)(H,22,23). The number of pyridine rings is 1. The summed E-state index contributed by atoms with van der Waals surface area (Å²) >= 11 is 0. The summed E-state index contributed by atoms with van der Waals surface area (Å²) in [6.07, 6.45) is 1.66. The van der Waals surface area contributed by atoms with Crippen LogP contribution in [0.3, 0.4) is 0 Å². The number of amides is 1. The lowest BCUT2D eigenvalue weighted by Crippen LogP contribution is -2.33. The van der Waals surface area contributed by atoms with Crippen LogP contribution in [0, 0.1) is 0 Å². The van der Waals surface area contributed by atoms with Crippen molar-refractivity contribution in [2.75, 3.05) is 12.5 Å². The van der Waals surface area contributed by atoms with E-state index in [1.54, 1.807) is 19.4 Å². The van der Waals surface area contributed by atoms with E-state index in [-0.39, 0.29) is 11.8 Å². The van der Waals surface area contributed by atoms with Gasteiger partial charge in [-0.3, -0.25) is 15.6 Å².